The molecule has 22 heavy (non-hydrogen) atoms. The van der Waals surface area contributed by atoms with E-state index >= 15 is 0 Å². The van der Waals surface area contributed by atoms with Gasteiger partial charge in [0.05, 0.1) is 24.2 Å². The zero-order chi connectivity index (χ0) is 15.8. The Morgan fingerprint density at radius 3 is 2.59 bits per heavy atom. The molecule has 0 aliphatic heterocycles. The summed E-state index contributed by atoms with van der Waals surface area (Å²) in [5, 5.41) is 23.7. The van der Waals surface area contributed by atoms with Gasteiger partial charge in [-0.2, -0.15) is 0 Å². The molecule has 1 aromatic rings. The normalized spacial score (nSPS) is 25.7. The zero-order valence-electron chi connectivity index (χ0n) is 13.2. The predicted molar refractivity (Wildman–Crippen MR) is 71.1 cm³/mol. The predicted octanol–water partition coefficient (Wildman–Crippen LogP) is -3.83. The summed E-state index contributed by atoms with van der Waals surface area (Å²) in [6.45, 7) is 3.49. The molecule has 1 aliphatic rings. The molecule has 1 saturated carbocycles. The third kappa shape index (κ3) is 3.19. The smallest absolute Gasteiger partial charge is 0.548 e. The molecule has 0 saturated heterocycles. The van der Waals surface area contributed by atoms with Gasteiger partial charge in [0.2, 0.25) is 0 Å². The summed E-state index contributed by atoms with van der Waals surface area (Å²) in [5.41, 5.74) is -1.63. The van der Waals surface area contributed by atoms with E-state index in [2.05, 4.69) is 10.3 Å². The molecular weight excluding hydrogens is 315 g/mol. The number of hydrogen-bond acceptors (Lipinski definition) is 5. The number of rotatable bonds is 5. The molecule has 0 bridgehead atoms. The topological polar surface area (TPSA) is 114 Å². The van der Waals surface area contributed by atoms with Gasteiger partial charge >= 0.3 is 51.4 Å². The molecule has 7 nitrogen and oxygen atoms in total. The van der Waals surface area contributed by atoms with Gasteiger partial charge in [0.25, 0.3) is 5.91 Å². The zero-order valence-corrected chi connectivity index (χ0v) is 16.3. The molecule has 2 rings (SSSR count). The number of amides is 1. The Balaban J connectivity index is 0.00000242. The van der Waals surface area contributed by atoms with Crippen LogP contribution in [0.15, 0.2) is 12.1 Å². The number of carboxylic acid groups (broad SMARTS) is 1. The van der Waals surface area contributed by atoms with Gasteiger partial charge in [-0.25, -0.2) is 0 Å². The number of aromatic nitrogens is 1. The number of methoxy groups -OCH3 is 1. The largest absolute Gasteiger partial charge is 1.00 e. The number of nitrogens with one attached hydrogen (secondary N) is 2. The first-order valence-corrected chi connectivity index (χ1v) is 6.63. The van der Waals surface area contributed by atoms with Gasteiger partial charge in [-0.1, -0.05) is 13.8 Å². The van der Waals surface area contributed by atoms with E-state index in [1.807, 2.05) is 0 Å². The molecule has 0 spiro atoms. The molecule has 1 aliphatic carbocycles. The summed E-state index contributed by atoms with van der Waals surface area (Å²) in [7, 11) is 1.53. The number of carboxylic acids is 1. The quantitative estimate of drug-likeness (QED) is 0.478. The first-order chi connectivity index (χ1) is 9.74. The molecule has 1 aromatic heterocycles. The molecule has 1 fully saturated rings. The summed E-state index contributed by atoms with van der Waals surface area (Å²) in [5.74, 6) is -1.95. The van der Waals surface area contributed by atoms with Crippen molar-refractivity contribution in [1.29, 1.82) is 0 Å². The van der Waals surface area contributed by atoms with E-state index in [-0.39, 0.29) is 63.5 Å². The Labute approximate surface area is 171 Å². The van der Waals surface area contributed by atoms with Gasteiger partial charge in [-0.3, -0.25) is 4.79 Å². The number of aliphatic hydroxyl groups is 1. The van der Waals surface area contributed by atoms with Crippen LogP contribution in [-0.2, 0) is 16.1 Å². The van der Waals surface area contributed by atoms with Crippen LogP contribution in [0, 0.1) is 5.41 Å². The minimum absolute atomic E-state index is 0. The van der Waals surface area contributed by atoms with Gasteiger partial charge in [0.1, 0.15) is 5.69 Å². The van der Waals surface area contributed by atoms with Crippen LogP contribution >= 0.6 is 0 Å². The molecule has 8 heteroatoms. The number of ether oxygens (including phenoxy) is 1. The maximum Gasteiger partial charge on any atom is 1.00 e. The van der Waals surface area contributed by atoms with E-state index in [9.17, 15) is 19.8 Å². The molecule has 1 heterocycles. The second-order valence-corrected chi connectivity index (χ2v) is 5.92. The number of aliphatic carboxylic acids is 1. The van der Waals surface area contributed by atoms with Crippen molar-refractivity contribution in [2.45, 2.75) is 38.5 Å². The van der Waals surface area contributed by atoms with Crippen molar-refractivity contribution in [2.24, 2.45) is 5.41 Å². The van der Waals surface area contributed by atoms with E-state index in [0.717, 1.165) is 0 Å². The Kier molecular flexibility index (Phi) is 6.42. The monoisotopic (exact) mass is 334 g/mol. The fourth-order valence-electron chi connectivity index (χ4n) is 2.64. The van der Waals surface area contributed by atoms with Gasteiger partial charge < -0.3 is 30.0 Å². The standard InChI is InChI=1S/C14H20N2O5.K/c1-13(2)10(17)6-14(13,12(19)20)16-11(18)9-5-4-8(15-9)7-21-3;/h4-5,10,15,17H,6-7H2,1-3H3,(H,16,18)(H,19,20);/q;+1/p-1. The van der Waals surface area contributed by atoms with Crippen LogP contribution in [0.1, 0.15) is 36.5 Å². The van der Waals surface area contributed by atoms with Crippen molar-refractivity contribution < 1.29 is 75.9 Å². The van der Waals surface area contributed by atoms with Crippen LogP contribution in [0.4, 0.5) is 0 Å². The first-order valence-electron chi connectivity index (χ1n) is 6.63. The van der Waals surface area contributed by atoms with Crippen LogP contribution in [0.2, 0.25) is 0 Å². The minimum atomic E-state index is -1.57. The van der Waals surface area contributed by atoms with Crippen molar-refractivity contribution in [2.75, 3.05) is 7.11 Å². The number of aliphatic hydroxyl groups excluding tert-OH is 1. The molecule has 2 unspecified atom stereocenters. The number of aromatic amines is 1. The third-order valence-corrected chi connectivity index (χ3v) is 4.40. The van der Waals surface area contributed by atoms with E-state index in [4.69, 9.17) is 4.74 Å². The summed E-state index contributed by atoms with van der Waals surface area (Å²) in [6.07, 6.45) is -0.872. The van der Waals surface area contributed by atoms with Crippen molar-refractivity contribution in [3.63, 3.8) is 0 Å². The van der Waals surface area contributed by atoms with E-state index in [0.29, 0.717) is 12.3 Å². The van der Waals surface area contributed by atoms with E-state index in [1.54, 1.807) is 26.0 Å². The van der Waals surface area contributed by atoms with Crippen molar-refractivity contribution >= 4 is 11.9 Å². The average molecular weight is 334 g/mol. The maximum atomic E-state index is 12.2. The van der Waals surface area contributed by atoms with Gasteiger partial charge in [0, 0.05) is 24.6 Å². The third-order valence-electron chi connectivity index (χ3n) is 4.40. The second kappa shape index (κ2) is 7.12. The van der Waals surface area contributed by atoms with Crippen LogP contribution in [0.25, 0.3) is 0 Å². The van der Waals surface area contributed by atoms with Crippen molar-refractivity contribution in [3.8, 4) is 0 Å². The van der Waals surface area contributed by atoms with Gasteiger partial charge in [-0.05, 0) is 12.1 Å². The fraction of sp³-hybridized carbons (Fsp3) is 0.571. The van der Waals surface area contributed by atoms with Crippen LogP contribution in [0.5, 0.6) is 0 Å². The van der Waals surface area contributed by atoms with Crippen molar-refractivity contribution in [1.82, 2.24) is 10.3 Å². The van der Waals surface area contributed by atoms with Gasteiger partial charge in [-0.15, -0.1) is 0 Å². The van der Waals surface area contributed by atoms with Crippen LogP contribution < -0.4 is 61.8 Å². The summed E-state index contributed by atoms with van der Waals surface area (Å²) < 4.78 is 4.94. The van der Waals surface area contributed by atoms with Gasteiger partial charge in [0.15, 0.2) is 0 Å². The Hall–Kier alpha value is -0.224. The number of carbonyl (C=O) groups excluding carboxylic acids is 2. The minimum Gasteiger partial charge on any atom is -0.548 e. The Bertz CT molecular complexity index is 571. The van der Waals surface area contributed by atoms with E-state index < -0.39 is 28.9 Å². The SMILES string of the molecule is COCc1ccc(C(=O)NC2(C(=O)[O-])CC(O)C2(C)C)[nH]1.[K+]. The number of H-pyrrole nitrogens is 1. The molecule has 0 aromatic carbocycles. The fourth-order valence-corrected chi connectivity index (χ4v) is 2.64. The van der Waals surface area contributed by atoms with Crippen LogP contribution in [-0.4, -0.2) is 40.7 Å². The Morgan fingerprint density at radius 1 is 1.50 bits per heavy atom. The molecule has 0 radical (unpaired) electrons. The summed E-state index contributed by atoms with van der Waals surface area (Å²) in [4.78, 5) is 26.5. The molecule has 3 N–H and O–H groups in total. The summed E-state index contributed by atoms with van der Waals surface area (Å²) in [6, 6.07) is 3.24. The maximum absolute atomic E-state index is 12.2. The van der Waals surface area contributed by atoms with Crippen molar-refractivity contribution in [3.05, 3.63) is 23.5 Å². The second-order valence-electron chi connectivity index (χ2n) is 5.92. The number of carbonyl (C=O) groups is 2. The molecule has 1 amide bonds. The van der Waals surface area contributed by atoms with E-state index in [1.165, 1.54) is 7.11 Å². The average Bonchev–Trinajstić information content (AvgIpc) is 2.86. The molecule has 2 atom stereocenters. The first kappa shape index (κ1) is 19.8. The summed E-state index contributed by atoms with van der Waals surface area (Å²) >= 11 is 0. The molecular formula is C14H19KN2O5. The molecule has 116 valence electrons. The number of hydrogen-bond donors (Lipinski definition) is 3. The van der Waals surface area contributed by atoms with Crippen LogP contribution in [0.3, 0.4) is 0 Å². The Morgan fingerprint density at radius 2 is 2.14 bits per heavy atom.